The Labute approximate surface area is 135 Å². The lowest BCUT2D eigenvalue weighted by Gasteiger charge is -2.15. The summed E-state index contributed by atoms with van der Waals surface area (Å²) >= 11 is 0. The maximum atomic E-state index is 13.5. The minimum absolute atomic E-state index is 0.0822. The van der Waals surface area contributed by atoms with E-state index in [1.165, 1.54) is 30.3 Å². The molecule has 0 radical (unpaired) electrons. The van der Waals surface area contributed by atoms with Gasteiger partial charge >= 0.3 is 5.97 Å². The fourth-order valence-corrected chi connectivity index (χ4v) is 2.16. The van der Waals surface area contributed by atoms with Crippen LogP contribution < -0.4 is 5.32 Å². The van der Waals surface area contributed by atoms with Crippen LogP contribution in [0.4, 0.5) is 13.2 Å². The van der Waals surface area contributed by atoms with E-state index in [1.807, 2.05) is 0 Å². The van der Waals surface area contributed by atoms with Gasteiger partial charge in [-0.25, -0.2) is 18.0 Å². The van der Waals surface area contributed by atoms with Gasteiger partial charge in [0.15, 0.2) is 0 Å². The van der Waals surface area contributed by atoms with E-state index in [0.29, 0.717) is 5.56 Å². The SMILES string of the molecule is O=C(Cc1c(F)cccc1F)N[C@H](Cc1ccc(F)cc1)C(=O)O. The summed E-state index contributed by atoms with van der Waals surface area (Å²) in [7, 11) is 0. The molecular weight excluding hydrogens is 323 g/mol. The second-order valence-electron chi connectivity index (χ2n) is 5.17. The van der Waals surface area contributed by atoms with Crippen molar-refractivity contribution in [3.63, 3.8) is 0 Å². The first-order chi connectivity index (χ1) is 11.4. The molecule has 0 aliphatic heterocycles. The van der Waals surface area contributed by atoms with E-state index < -0.39 is 47.4 Å². The zero-order valence-electron chi connectivity index (χ0n) is 12.4. The molecular formula is C17H14F3NO3. The molecule has 0 bridgehead atoms. The molecule has 2 aromatic rings. The number of amides is 1. The fraction of sp³-hybridized carbons (Fsp3) is 0.176. The minimum Gasteiger partial charge on any atom is -0.480 e. The molecule has 4 nitrogen and oxygen atoms in total. The average Bonchev–Trinajstić information content (AvgIpc) is 2.52. The number of aliphatic carboxylic acids is 1. The summed E-state index contributed by atoms with van der Waals surface area (Å²) in [5.41, 5.74) is 0.0714. The summed E-state index contributed by atoms with van der Waals surface area (Å²) in [5.74, 6) is -4.36. The Kier molecular flexibility index (Phi) is 5.57. The Morgan fingerprint density at radius 3 is 2.12 bits per heavy atom. The second kappa shape index (κ2) is 7.63. The van der Waals surface area contributed by atoms with Gasteiger partial charge in [-0.1, -0.05) is 18.2 Å². The maximum Gasteiger partial charge on any atom is 0.326 e. The summed E-state index contributed by atoms with van der Waals surface area (Å²) in [6, 6.07) is 7.04. The lowest BCUT2D eigenvalue weighted by molar-refractivity contribution is -0.141. The molecule has 0 aliphatic rings. The van der Waals surface area contributed by atoms with Crippen molar-refractivity contribution in [2.45, 2.75) is 18.9 Å². The number of nitrogens with one attached hydrogen (secondary N) is 1. The van der Waals surface area contributed by atoms with Gasteiger partial charge in [0.1, 0.15) is 23.5 Å². The predicted molar refractivity (Wildman–Crippen MR) is 79.7 cm³/mol. The number of hydrogen-bond acceptors (Lipinski definition) is 2. The standard InChI is InChI=1S/C17H14F3NO3/c18-11-6-4-10(5-7-11)8-15(17(23)24)21-16(22)9-12-13(19)2-1-3-14(12)20/h1-7,15H,8-9H2,(H,21,22)(H,23,24)/t15-/m1/s1. The van der Waals surface area contributed by atoms with Crippen LogP contribution in [0.15, 0.2) is 42.5 Å². The number of carboxylic acid groups (broad SMARTS) is 1. The molecule has 24 heavy (non-hydrogen) atoms. The summed E-state index contributed by atoms with van der Waals surface area (Å²) in [6.45, 7) is 0. The molecule has 0 aromatic heterocycles. The van der Waals surface area contributed by atoms with Crippen molar-refractivity contribution in [1.29, 1.82) is 0 Å². The molecule has 0 fully saturated rings. The Morgan fingerprint density at radius 2 is 1.58 bits per heavy atom. The largest absolute Gasteiger partial charge is 0.480 e. The van der Waals surface area contributed by atoms with Gasteiger partial charge < -0.3 is 10.4 Å². The monoisotopic (exact) mass is 337 g/mol. The second-order valence-corrected chi connectivity index (χ2v) is 5.17. The quantitative estimate of drug-likeness (QED) is 0.851. The van der Waals surface area contributed by atoms with Crippen LogP contribution in [0.2, 0.25) is 0 Å². The van der Waals surface area contributed by atoms with Crippen molar-refractivity contribution in [2.24, 2.45) is 0 Å². The molecule has 0 saturated carbocycles. The van der Waals surface area contributed by atoms with E-state index in [4.69, 9.17) is 0 Å². The molecule has 1 amide bonds. The van der Waals surface area contributed by atoms with Crippen molar-refractivity contribution in [3.8, 4) is 0 Å². The van der Waals surface area contributed by atoms with Crippen molar-refractivity contribution in [1.82, 2.24) is 5.32 Å². The Balaban J connectivity index is 2.06. The van der Waals surface area contributed by atoms with Crippen LogP contribution in [0, 0.1) is 17.5 Å². The lowest BCUT2D eigenvalue weighted by atomic mass is 10.0. The summed E-state index contributed by atoms with van der Waals surface area (Å²) in [4.78, 5) is 23.2. The molecule has 2 rings (SSSR count). The summed E-state index contributed by atoms with van der Waals surface area (Å²) < 4.78 is 39.9. The third-order valence-corrected chi connectivity index (χ3v) is 3.39. The van der Waals surface area contributed by atoms with Crippen LogP contribution >= 0.6 is 0 Å². The van der Waals surface area contributed by atoms with E-state index >= 15 is 0 Å². The Morgan fingerprint density at radius 1 is 1.00 bits per heavy atom. The molecule has 2 aromatic carbocycles. The normalized spacial score (nSPS) is 11.8. The van der Waals surface area contributed by atoms with E-state index in [0.717, 1.165) is 12.1 Å². The minimum atomic E-state index is -1.30. The van der Waals surface area contributed by atoms with Gasteiger partial charge in [0.2, 0.25) is 5.91 Å². The number of carbonyl (C=O) groups is 2. The maximum absolute atomic E-state index is 13.5. The van der Waals surface area contributed by atoms with Crippen LogP contribution in [0.3, 0.4) is 0 Å². The molecule has 0 unspecified atom stereocenters. The van der Waals surface area contributed by atoms with Crippen LogP contribution in [0.25, 0.3) is 0 Å². The third-order valence-electron chi connectivity index (χ3n) is 3.39. The van der Waals surface area contributed by atoms with Gasteiger partial charge in [0, 0.05) is 12.0 Å². The number of benzene rings is 2. The smallest absolute Gasteiger partial charge is 0.326 e. The van der Waals surface area contributed by atoms with Crippen LogP contribution in [0.1, 0.15) is 11.1 Å². The molecule has 126 valence electrons. The highest BCUT2D eigenvalue weighted by molar-refractivity contribution is 5.85. The molecule has 0 heterocycles. The van der Waals surface area contributed by atoms with E-state index in [-0.39, 0.29) is 6.42 Å². The van der Waals surface area contributed by atoms with E-state index in [9.17, 15) is 27.9 Å². The van der Waals surface area contributed by atoms with Crippen LogP contribution in [0.5, 0.6) is 0 Å². The number of rotatable bonds is 6. The number of carbonyl (C=O) groups excluding carboxylic acids is 1. The average molecular weight is 337 g/mol. The van der Waals surface area contributed by atoms with Gasteiger partial charge in [-0.05, 0) is 29.8 Å². The molecule has 7 heteroatoms. The number of carboxylic acids is 1. The third kappa shape index (κ3) is 4.58. The highest BCUT2D eigenvalue weighted by Gasteiger charge is 2.22. The molecule has 1 atom stereocenters. The van der Waals surface area contributed by atoms with E-state index in [2.05, 4.69) is 5.32 Å². The summed E-state index contributed by atoms with van der Waals surface area (Å²) in [5, 5.41) is 11.4. The van der Waals surface area contributed by atoms with Gasteiger partial charge in [-0.15, -0.1) is 0 Å². The first-order valence-corrected chi connectivity index (χ1v) is 7.06. The molecule has 2 N–H and O–H groups in total. The predicted octanol–water partition coefficient (Wildman–Crippen LogP) is 2.46. The highest BCUT2D eigenvalue weighted by atomic mass is 19.1. The summed E-state index contributed by atoms with van der Waals surface area (Å²) in [6.07, 6.45) is -0.702. The van der Waals surface area contributed by atoms with Crippen molar-refractivity contribution in [2.75, 3.05) is 0 Å². The van der Waals surface area contributed by atoms with Gasteiger partial charge in [-0.3, -0.25) is 4.79 Å². The first-order valence-electron chi connectivity index (χ1n) is 7.06. The molecule has 0 saturated heterocycles. The topological polar surface area (TPSA) is 66.4 Å². The van der Waals surface area contributed by atoms with Crippen molar-refractivity contribution >= 4 is 11.9 Å². The number of halogens is 3. The van der Waals surface area contributed by atoms with Gasteiger partial charge in [-0.2, -0.15) is 0 Å². The Hall–Kier alpha value is -2.83. The number of hydrogen-bond donors (Lipinski definition) is 2. The molecule has 0 spiro atoms. The zero-order chi connectivity index (χ0) is 17.7. The van der Waals surface area contributed by atoms with Gasteiger partial charge in [0.05, 0.1) is 6.42 Å². The van der Waals surface area contributed by atoms with Crippen molar-refractivity contribution < 1.29 is 27.9 Å². The zero-order valence-corrected chi connectivity index (χ0v) is 12.4. The van der Waals surface area contributed by atoms with Crippen molar-refractivity contribution in [3.05, 3.63) is 71.0 Å². The lowest BCUT2D eigenvalue weighted by Crippen LogP contribution is -2.43. The first kappa shape index (κ1) is 17.5. The van der Waals surface area contributed by atoms with E-state index in [1.54, 1.807) is 0 Å². The highest BCUT2D eigenvalue weighted by Crippen LogP contribution is 2.13. The Bertz CT molecular complexity index is 727. The van der Waals surface area contributed by atoms with Gasteiger partial charge in [0.25, 0.3) is 0 Å². The van der Waals surface area contributed by atoms with Crippen LogP contribution in [-0.4, -0.2) is 23.0 Å². The van der Waals surface area contributed by atoms with Crippen LogP contribution in [-0.2, 0) is 22.4 Å². The fourth-order valence-electron chi connectivity index (χ4n) is 2.16. The molecule has 0 aliphatic carbocycles.